The Labute approximate surface area is 135 Å². The summed E-state index contributed by atoms with van der Waals surface area (Å²) < 4.78 is 5.78. The number of benzene rings is 1. The minimum absolute atomic E-state index is 0.0461. The van der Waals surface area contributed by atoms with E-state index in [0.29, 0.717) is 19.0 Å². The van der Waals surface area contributed by atoms with Crippen molar-refractivity contribution in [3.63, 3.8) is 0 Å². The van der Waals surface area contributed by atoms with Gasteiger partial charge in [-0.15, -0.1) is 5.10 Å². The SMILES string of the molecule is Cc1cccc(NC(=O)N2CCC(Oc3ccc(C)nn3)C2)c1. The van der Waals surface area contributed by atoms with Crippen LogP contribution >= 0.6 is 0 Å². The van der Waals surface area contributed by atoms with E-state index in [1.807, 2.05) is 44.2 Å². The summed E-state index contributed by atoms with van der Waals surface area (Å²) in [5.41, 5.74) is 2.77. The molecule has 0 radical (unpaired) electrons. The van der Waals surface area contributed by atoms with Gasteiger partial charge in [-0.25, -0.2) is 4.79 Å². The number of hydrogen-bond donors (Lipinski definition) is 1. The summed E-state index contributed by atoms with van der Waals surface area (Å²) in [6.07, 6.45) is 0.742. The summed E-state index contributed by atoms with van der Waals surface area (Å²) in [4.78, 5) is 14.1. The van der Waals surface area contributed by atoms with Crippen LogP contribution in [0.5, 0.6) is 5.88 Å². The van der Waals surface area contributed by atoms with Crippen LogP contribution in [0, 0.1) is 13.8 Å². The summed E-state index contributed by atoms with van der Waals surface area (Å²) in [6.45, 7) is 5.09. The van der Waals surface area contributed by atoms with E-state index in [0.717, 1.165) is 23.4 Å². The molecule has 23 heavy (non-hydrogen) atoms. The lowest BCUT2D eigenvalue weighted by Gasteiger charge is -2.17. The maximum Gasteiger partial charge on any atom is 0.321 e. The number of carbonyl (C=O) groups is 1. The molecule has 1 atom stereocenters. The highest BCUT2D eigenvalue weighted by Crippen LogP contribution is 2.18. The first-order valence-electron chi connectivity index (χ1n) is 7.70. The first kappa shape index (κ1) is 15.3. The third-order valence-electron chi connectivity index (χ3n) is 3.76. The van der Waals surface area contributed by atoms with Gasteiger partial charge < -0.3 is 15.0 Å². The molecule has 0 saturated carbocycles. The van der Waals surface area contributed by atoms with Gasteiger partial charge in [0, 0.05) is 24.7 Å². The molecule has 1 aromatic heterocycles. The van der Waals surface area contributed by atoms with Crippen molar-refractivity contribution in [3.05, 3.63) is 47.7 Å². The molecule has 1 aliphatic heterocycles. The topological polar surface area (TPSA) is 67.4 Å². The maximum absolute atomic E-state index is 12.3. The predicted octanol–water partition coefficient (Wildman–Crippen LogP) is 2.78. The van der Waals surface area contributed by atoms with E-state index in [2.05, 4.69) is 15.5 Å². The van der Waals surface area contributed by atoms with Crippen LogP contribution in [-0.2, 0) is 0 Å². The predicted molar refractivity (Wildman–Crippen MR) is 87.6 cm³/mol. The van der Waals surface area contributed by atoms with E-state index in [1.165, 1.54) is 0 Å². The normalized spacial score (nSPS) is 17.1. The van der Waals surface area contributed by atoms with E-state index in [9.17, 15) is 4.79 Å². The van der Waals surface area contributed by atoms with E-state index in [1.54, 1.807) is 11.0 Å². The van der Waals surface area contributed by atoms with Gasteiger partial charge in [-0.05, 0) is 37.6 Å². The fourth-order valence-electron chi connectivity index (χ4n) is 2.55. The molecule has 2 aromatic rings. The molecule has 0 spiro atoms. The van der Waals surface area contributed by atoms with E-state index in [4.69, 9.17) is 4.74 Å². The van der Waals surface area contributed by atoms with Crippen molar-refractivity contribution >= 4 is 11.7 Å². The van der Waals surface area contributed by atoms with Crippen molar-refractivity contribution in [1.82, 2.24) is 15.1 Å². The van der Waals surface area contributed by atoms with Crippen molar-refractivity contribution in [2.24, 2.45) is 0 Å². The number of rotatable bonds is 3. The Morgan fingerprint density at radius 2 is 2.13 bits per heavy atom. The number of nitrogens with zero attached hydrogens (tertiary/aromatic N) is 3. The molecule has 2 heterocycles. The van der Waals surface area contributed by atoms with Gasteiger partial charge >= 0.3 is 6.03 Å². The maximum atomic E-state index is 12.3. The second-order valence-corrected chi connectivity index (χ2v) is 5.79. The van der Waals surface area contributed by atoms with Crippen molar-refractivity contribution in [2.45, 2.75) is 26.4 Å². The fourth-order valence-corrected chi connectivity index (χ4v) is 2.55. The number of urea groups is 1. The molecule has 1 aromatic carbocycles. The summed E-state index contributed by atoms with van der Waals surface area (Å²) in [7, 11) is 0. The molecule has 6 nitrogen and oxygen atoms in total. The molecule has 3 rings (SSSR count). The van der Waals surface area contributed by atoms with Crippen LogP contribution in [0.4, 0.5) is 10.5 Å². The van der Waals surface area contributed by atoms with Gasteiger partial charge in [0.25, 0.3) is 0 Å². The molecular weight excluding hydrogens is 292 g/mol. The van der Waals surface area contributed by atoms with Gasteiger partial charge in [0.1, 0.15) is 6.10 Å². The molecule has 6 heteroatoms. The van der Waals surface area contributed by atoms with Crippen molar-refractivity contribution in [1.29, 1.82) is 0 Å². The number of aryl methyl sites for hydroxylation is 2. The largest absolute Gasteiger partial charge is 0.471 e. The Hall–Kier alpha value is -2.63. The standard InChI is InChI=1S/C17H20N4O2/c1-12-4-3-5-14(10-12)18-17(22)21-9-8-15(11-21)23-16-7-6-13(2)19-20-16/h3-7,10,15H,8-9,11H2,1-2H3,(H,18,22). The highest BCUT2D eigenvalue weighted by molar-refractivity contribution is 5.89. The van der Waals surface area contributed by atoms with Gasteiger partial charge in [-0.2, -0.15) is 5.10 Å². The van der Waals surface area contributed by atoms with Crippen LogP contribution in [0.15, 0.2) is 36.4 Å². The van der Waals surface area contributed by atoms with Gasteiger partial charge in [0.2, 0.25) is 5.88 Å². The summed E-state index contributed by atoms with van der Waals surface area (Å²) in [5.74, 6) is 0.501. The molecule has 0 aliphatic carbocycles. The highest BCUT2D eigenvalue weighted by Gasteiger charge is 2.28. The first-order valence-corrected chi connectivity index (χ1v) is 7.70. The molecule has 1 N–H and O–H groups in total. The fraction of sp³-hybridized carbons (Fsp3) is 0.353. The van der Waals surface area contributed by atoms with Gasteiger partial charge in [-0.1, -0.05) is 12.1 Å². The summed E-state index contributed by atoms with van der Waals surface area (Å²) in [6, 6.07) is 11.3. The van der Waals surface area contributed by atoms with Gasteiger partial charge in [0.05, 0.1) is 12.2 Å². The number of nitrogens with one attached hydrogen (secondary N) is 1. The molecule has 1 unspecified atom stereocenters. The number of ether oxygens (including phenoxy) is 1. The zero-order valence-corrected chi connectivity index (χ0v) is 13.3. The van der Waals surface area contributed by atoms with E-state index in [-0.39, 0.29) is 12.1 Å². The number of aromatic nitrogens is 2. The van der Waals surface area contributed by atoms with Crippen LogP contribution in [0.1, 0.15) is 17.7 Å². The third-order valence-corrected chi connectivity index (χ3v) is 3.76. The van der Waals surface area contributed by atoms with Crippen LogP contribution in [-0.4, -0.2) is 40.3 Å². The lowest BCUT2D eigenvalue weighted by Crippen LogP contribution is -2.34. The van der Waals surface area contributed by atoms with Crippen LogP contribution in [0.2, 0.25) is 0 Å². The molecule has 120 valence electrons. The van der Waals surface area contributed by atoms with Crippen LogP contribution in [0.25, 0.3) is 0 Å². The van der Waals surface area contributed by atoms with Gasteiger partial charge in [-0.3, -0.25) is 0 Å². The summed E-state index contributed by atoms with van der Waals surface area (Å²) >= 11 is 0. The van der Waals surface area contributed by atoms with E-state index >= 15 is 0 Å². The van der Waals surface area contributed by atoms with Crippen LogP contribution < -0.4 is 10.1 Å². The number of anilines is 1. The first-order chi connectivity index (χ1) is 11.1. The quantitative estimate of drug-likeness (QED) is 0.946. The zero-order chi connectivity index (χ0) is 16.2. The van der Waals surface area contributed by atoms with E-state index < -0.39 is 0 Å². The summed E-state index contributed by atoms with van der Waals surface area (Å²) in [5, 5.41) is 10.9. The highest BCUT2D eigenvalue weighted by atomic mass is 16.5. The minimum atomic E-state index is -0.100. The number of hydrogen-bond acceptors (Lipinski definition) is 4. The van der Waals surface area contributed by atoms with Crippen molar-refractivity contribution in [2.75, 3.05) is 18.4 Å². The number of amides is 2. The monoisotopic (exact) mass is 312 g/mol. The molecule has 1 aliphatic rings. The average Bonchev–Trinajstić information content (AvgIpc) is 2.98. The molecule has 0 bridgehead atoms. The van der Waals surface area contributed by atoms with Crippen molar-refractivity contribution < 1.29 is 9.53 Å². The number of carbonyl (C=O) groups excluding carboxylic acids is 1. The van der Waals surface area contributed by atoms with Crippen molar-refractivity contribution in [3.8, 4) is 5.88 Å². The molecular formula is C17H20N4O2. The van der Waals surface area contributed by atoms with Crippen LogP contribution in [0.3, 0.4) is 0 Å². The lowest BCUT2D eigenvalue weighted by atomic mass is 10.2. The Balaban J connectivity index is 1.54. The van der Waals surface area contributed by atoms with Gasteiger partial charge in [0.15, 0.2) is 0 Å². The third kappa shape index (κ3) is 3.97. The lowest BCUT2D eigenvalue weighted by molar-refractivity contribution is 0.188. The zero-order valence-electron chi connectivity index (χ0n) is 13.3. The Morgan fingerprint density at radius 3 is 2.87 bits per heavy atom. The second-order valence-electron chi connectivity index (χ2n) is 5.79. The second kappa shape index (κ2) is 6.64. The number of likely N-dealkylation sites (tertiary alicyclic amines) is 1. The Kier molecular flexibility index (Phi) is 4.41. The Morgan fingerprint density at radius 1 is 1.26 bits per heavy atom. The Bertz CT molecular complexity index is 687. The molecule has 1 saturated heterocycles. The molecule has 2 amide bonds. The molecule has 1 fully saturated rings. The smallest absolute Gasteiger partial charge is 0.321 e. The average molecular weight is 312 g/mol. The minimum Gasteiger partial charge on any atom is -0.471 e.